The normalized spacial score (nSPS) is 10.2. The SMILES string of the molecule is O=C(CCc1ccccc1Cl)c1ccccc1. The summed E-state index contributed by atoms with van der Waals surface area (Å²) in [5.74, 6) is 0.158. The Labute approximate surface area is 106 Å². The molecule has 0 aliphatic rings. The molecular weight excluding hydrogens is 232 g/mol. The number of aryl methyl sites for hydroxylation is 1. The molecule has 0 atom stereocenters. The maximum atomic E-state index is 11.9. The summed E-state index contributed by atoms with van der Waals surface area (Å²) in [4.78, 5) is 11.9. The van der Waals surface area contributed by atoms with Crippen molar-refractivity contribution >= 4 is 17.4 Å². The van der Waals surface area contributed by atoms with Crippen LogP contribution >= 0.6 is 11.6 Å². The van der Waals surface area contributed by atoms with Gasteiger partial charge in [-0.25, -0.2) is 0 Å². The smallest absolute Gasteiger partial charge is 0.163 e. The minimum Gasteiger partial charge on any atom is -0.294 e. The highest BCUT2D eigenvalue weighted by Crippen LogP contribution is 2.17. The van der Waals surface area contributed by atoms with Crippen molar-refractivity contribution < 1.29 is 4.79 Å². The monoisotopic (exact) mass is 244 g/mol. The highest BCUT2D eigenvalue weighted by molar-refractivity contribution is 6.31. The van der Waals surface area contributed by atoms with Crippen molar-refractivity contribution in [3.63, 3.8) is 0 Å². The Morgan fingerprint density at radius 3 is 2.29 bits per heavy atom. The lowest BCUT2D eigenvalue weighted by Gasteiger charge is -2.03. The topological polar surface area (TPSA) is 17.1 Å². The van der Waals surface area contributed by atoms with Crippen LogP contribution < -0.4 is 0 Å². The number of rotatable bonds is 4. The van der Waals surface area contributed by atoms with Crippen LogP contribution in [0, 0.1) is 0 Å². The van der Waals surface area contributed by atoms with Crippen molar-refractivity contribution in [3.05, 3.63) is 70.7 Å². The van der Waals surface area contributed by atoms with Gasteiger partial charge in [-0.2, -0.15) is 0 Å². The molecule has 0 heterocycles. The van der Waals surface area contributed by atoms with Gasteiger partial charge in [-0.3, -0.25) is 4.79 Å². The molecule has 0 aromatic heterocycles. The van der Waals surface area contributed by atoms with Crippen LogP contribution in [0.2, 0.25) is 5.02 Å². The molecule has 2 rings (SSSR count). The number of benzene rings is 2. The van der Waals surface area contributed by atoms with Crippen molar-refractivity contribution in [2.75, 3.05) is 0 Å². The standard InChI is InChI=1S/C15H13ClO/c16-14-9-5-4-6-12(14)10-11-15(17)13-7-2-1-3-8-13/h1-9H,10-11H2. The van der Waals surface area contributed by atoms with Gasteiger partial charge < -0.3 is 0 Å². The fraction of sp³-hybridized carbons (Fsp3) is 0.133. The number of hydrogen-bond acceptors (Lipinski definition) is 1. The Bertz CT molecular complexity index is 505. The summed E-state index contributed by atoms with van der Waals surface area (Å²) in [6.07, 6.45) is 1.18. The number of ketones is 1. The largest absolute Gasteiger partial charge is 0.294 e. The first-order valence-corrected chi connectivity index (χ1v) is 5.97. The molecule has 0 aliphatic heterocycles. The molecule has 0 saturated heterocycles. The Kier molecular flexibility index (Phi) is 3.94. The van der Waals surface area contributed by atoms with Crippen LogP contribution in [0.15, 0.2) is 54.6 Å². The average molecular weight is 245 g/mol. The summed E-state index contributed by atoms with van der Waals surface area (Å²) in [7, 11) is 0. The molecular formula is C15H13ClO. The number of hydrogen-bond donors (Lipinski definition) is 0. The van der Waals surface area contributed by atoms with Crippen molar-refractivity contribution in [2.45, 2.75) is 12.8 Å². The third kappa shape index (κ3) is 3.18. The molecule has 0 N–H and O–H groups in total. The van der Waals surface area contributed by atoms with Crippen molar-refractivity contribution in [1.82, 2.24) is 0 Å². The Balaban J connectivity index is 2.00. The predicted octanol–water partition coefficient (Wildman–Crippen LogP) is 4.16. The van der Waals surface area contributed by atoms with Gasteiger partial charge in [-0.1, -0.05) is 60.1 Å². The van der Waals surface area contributed by atoms with Gasteiger partial charge in [0.2, 0.25) is 0 Å². The summed E-state index contributed by atoms with van der Waals surface area (Å²) < 4.78 is 0. The molecule has 0 unspecified atom stereocenters. The molecule has 0 aliphatic carbocycles. The molecule has 0 spiro atoms. The average Bonchev–Trinajstić information content (AvgIpc) is 2.38. The van der Waals surface area contributed by atoms with Gasteiger partial charge in [0.05, 0.1) is 0 Å². The number of carbonyl (C=O) groups is 1. The summed E-state index contributed by atoms with van der Waals surface area (Å²) >= 11 is 6.04. The van der Waals surface area contributed by atoms with Crippen LogP contribution in [-0.4, -0.2) is 5.78 Å². The maximum Gasteiger partial charge on any atom is 0.163 e. The first-order chi connectivity index (χ1) is 8.27. The van der Waals surface area contributed by atoms with E-state index < -0.39 is 0 Å². The fourth-order valence-corrected chi connectivity index (χ4v) is 1.95. The quantitative estimate of drug-likeness (QED) is 0.739. The lowest BCUT2D eigenvalue weighted by atomic mass is 10.0. The molecule has 17 heavy (non-hydrogen) atoms. The first-order valence-electron chi connectivity index (χ1n) is 5.59. The third-order valence-corrected chi connectivity index (χ3v) is 3.04. The lowest BCUT2D eigenvalue weighted by Crippen LogP contribution is -2.01. The van der Waals surface area contributed by atoms with Gasteiger partial charge in [0.1, 0.15) is 0 Å². The Hall–Kier alpha value is -1.60. The van der Waals surface area contributed by atoms with Crippen LogP contribution in [0.4, 0.5) is 0 Å². The minimum absolute atomic E-state index is 0.158. The molecule has 1 nitrogen and oxygen atoms in total. The van der Waals surface area contributed by atoms with Crippen LogP contribution in [0.5, 0.6) is 0 Å². The molecule has 2 heteroatoms. The number of carbonyl (C=O) groups excluding carboxylic acids is 1. The Morgan fingerprint density at radius 1 is 0.941 bits per heavy atom. The van der Waals surface area contributed by atoms with E-state index in [-0.39, 0.29) is 5.78 Å². The highest BCUT2D eigenvalue weighted by atomic mass is 35.5. The van der Waals surface area contributed by atoms with Gasteiger partial charge >= 0.3 is 0 Å². The molecule has 0 saturated carbocycles. The number of Topliss-reactive ketones (excluding diaryl/α,β-unsaturated/α-hetero) is 1. The van der Waals surface area contributed by atoms with Gasteiger partial charge in [0, 0.05) is 17.0 Å². The van der Waals surface area contributed by atoms with E-state index in [1.165, 1.54) is 0 Å². The van der Waals surface area contributed by atoms with E-state index in [1.807, 2.05) is 54.6 Å². The van der Waals surface area contributed by atoms with Gasteiger partial charge in [-0.05, 0) is 18.1 Å². The molecule has 0 fully saturated rings. The summed E-state index contributed by atoms with van der Waals surface area (Å²) in [6, 6.07) is 17.0. The third-order valence-electron chi connectivity index (χ3n) is 2.68. The highest BCUT2D eigenvalue weighted by Gasteiger charge is 2.06. The van der Waals surface area contributed by atoms with Crippen LogP contribution in [-0.2, 0) is 6.42 Å². The van der Waals surface area contributed by atoms with Gasteiger partial charge in [-0.15, -0.1) is 0 Å². The van der Waals surface area contributed by atoms with Crippen molar-refractivity contribution in [3.8, 4) is 0 Å². The molecule has 86 valence electrons. The maximum absolute atomic E-state index is 11.9. The predicted molar refractivity (Wildman–Crippen MR) is 70.5 cm³/mol. The van der Waals surface area contributed by atoms with E-state index in [0.29, 0.717) is 12.8 Å². The Morgan fingerprint density at radius 2 is 1.59 bits per heavy atom. The second kappa shape index (κ2) is 5.65. The lowest BCUT2D eigenvalue weighted by molar-refractivity contribution is 0.0983. The van der Waals surface area contributed by atoms with E-state index >= 15 is 0 Å². The number of halogens is 1. The fourth-order valence-electron chi connectivity index (χ4n) is 1.72. The van der Waals surface area contributed by atoms with Crippen molar-refractivity contribution in [2.24, 2.45) is 0 Å². The molecule has 0 amide bonds. The zero-order valence-corrected chi connectivity index (χ0v) is 10.2. The summed E-state index contributed by atoms with van der Waals surface area (Å²) in [6.45, 7) is 0. The van der Waals surface area contributed by atoms with Crippen LogP contribution in [0.1, 0.15) is 22.3 Å². The zero-order valence-electron chi connectivity index (χ0n) is 9.40. The van der Waals surface area contributed by atoms with E-state index in [2.05, 4.69) is 0 Å². The minimum atomic E-state index is 0.158. The second-order valence-electron chi connectivity index (χ2n) is 3.88. The molecule has 0 radical (unpaired) electrons. The van der Waals surface area contributed by atoms with Crippen LogP contribution in [0.3, 0.4) is 0 Å². The molecule has 0 bridgehead atoms. The van der Waals surface area contributed by atoms with E-state index in [1.54, 1.807) is 0 Å². The molecule has 2 aromatic rings. The first kappa shape index (κ1) is 11.9. The van der Waals surface area contributed by atoms with Gasteiger partial charge in [0.25, 0.3) is 0 Å². The van der Waals surface area contributed by atoms with Crippen molar-refractivity contribution in [1.29, 1.82) is 0 Å². The van der Waals surface area contributed by atoms with E-state index in [0.717, 1.165) is 16.1 Å². The van der Waals surface area contributed by atoms with E-state index in [4.69, 9.17) is 11.6 Å². The van der Waals surface area contributed by atoms with Crippen LogP contribution in [0.25, 0.3) is 0 Å². The summed E-state index contributed by atoms with van der Waals surface area (Å²) in [5, 5.41) is 0.730. The van der Waals surface area contributed by atoms with E-state index in [9.17, 15) is 4.79 Å². The van der Waals surface area contributed by atoms with Gasteiger partial charge in [0.15, 0.2) is 5.78 Å². The second-order valence-corrected chi connectivity index (χ2v) is 4.29. The molecule has 2 aromatic carbocycles. The summed E-state index contributed by atoms with van der Waals surface area (Å²) in [5.41, 5.74) is 1.79. The zero-order chi connectivity index (χ0) is 12.1.